The molecule has 9 heteroatoms. The third kappa shape index (κ3) is 5.16. The van der Waals surface area contributed by atoms with E-state index in [1.165, 1.54) is 28.7 Å². The summed E-state index contributed by atoms with van der Waals surface area (Å²) in [5, 5.41) is 7.65. The first-order chi connectivity index (χ1) is 14.6. The van der Waals surface area contributed by atoms with Gasteiger partial charge in [-0.1, -0.05) is 41.6 Å². The van der Waals surface area contributed by atoms with Crippen LogP contribution in [0.5, 0.6) is 0 Å². The van der Waals surface area contributed by atoms with Crippen molar-refractivity contribution in [2.24, 2.45) is 0 Å². The summed E-state index contributed by atoms with van der Waals surface area (Å²) >= 11 is 2.68. The van der Waals surface area contributed by atoms with E-state index >= 15 is 0 Å². The number of aryl methyl sites for hydroxylation is 1. The lowest BCUT2D eigenvalue weighted by molar-refractivity contribution is -0.134. The highest BCUT2D eigenvalue weighted by Gasteiger charge is 2.19. The molecule has 3 heterocycles. The summed E-state index contributed by atoms with van der Waals surface area (Å²) < 4.78 is 5.28. The summed E-state index contributed by atoms with van der Waals surface area (Å²) in [6, 6.07) is 11.7. The van der Waals surface area contributed by atoms with Crippen molar-refractivity contribution in [1.29, 1.82) is 0 Å². The number of benzene rings is 1. The molecular weight excluding hydrogens is 420 g/mol. The van der Waals surface area contributed by atoms with Crippen LogP contribution in [0.25, 0.3) is 11.4 Å². The SMILES string of the molecule is Cc1ccc(-c2nc(SCC(=O)c3ccc(CC(=O)N4CCOCC4)s3)n[nH]2)cc1. The standard InChI is InChI=1S/C21H22N4O3S2/c1-14-2-4-15(5-3-14)20-22-21(24-23-20)29-13-17(26)18-7-6-16(30-18)12-19(27)25-8-10-28-11-9-25/h2-7H,8-13H2,1H3,(H,22,23,24). The predicted molar refractivity (Wildman–Crippen MR) is 117 cm³/mol. The van der Waals surface area contributed by atoms with Gasteiger partial charge in [-0.15, -0.1) is 16.4 Å². The molecule has 1 saturated heterocycles. The topological polar surface area (TPSA) is 88.2 Å². The van der Waals surface area contributed by atoms with E-state index in [2.05, 4.69) is 15.2 Å². The van der Waals surface area contributed by atoms with Crippen LogP contribution in [-0.2, 0) is 16.0 Å². The van der Waals surface area contributed by atoms with E-state index in [0.717, 1.165) is 10.4 Å². The number of aromatic nitrogens is 3. The van der Waals surface area contributed by atoms with E-state index in [4.69, 9.17) is 4.74 Å². The van der Waals surface area contributed by atoms with Crippen LogP contribution in [0.3, 0.4) is 0 Å². The lowest BCUT2D eigenvalue weighted by atomic mass is 10.1. The fraction of sp³-hybridized carbons (Fsp3) is 0.333. The van der Waals surface area contributed by atoms with Gasteiger partial charge in [0.1, 0.15) is 0 Å². The molecule has 0 bridgehead atoms. The van der Waals surface area contributed by atoms with Gasteiger partial charge in [-0.05, 0) is 19.1 Å². The van der Waals surface area contributed by atoms with Gasteiger partial charge in [-0.2, -0.15) is 0 Å². The van der Waals surface area contributed by atoms with Crippen LogP contribution in [0.2, 0.25) is 0 Å². The molecule has 3 aromatic rings. The van der Waals surface area contributed by atoms with E-state index in [0.29, 0.717) is 48.6 Å². The number of nitrogens with zero attached hydrogens (tertiary/aromatic N) is 3. The second-order valence-electron chi connectivity index (χ2n) is 6.98. The Labute approximate surface area is 182 Å². The molecule has 2 aromatic heterocycles. The predicted octanol–water partition coefficient (Wildman–Crippen LogP) is 3.22. The summed E-state index contributed by atoms with van der Waals surface area (Å²) in [4.78, 5) is 32.7. The maximum Gasteiger partial charge on any atom is 0.227 e. The van der Waals surface area contributed by atoms with Crippen LogP contribution >= 0.6 is 23.1 Å². The quantitative estimate of drug-likeness (QED) is 0.447. The summed E-state index contributed by atoms with van der Waals surface area (Å²) in [6.45, 7) is 4.47. The van der Waals surface area contributed by atoms with E-state index in [1.54, 1.807) is 6.07 Å². The molecule has 1 aromatic carbocycles. The van der Waals surface area contributed by atoms with Crippen molar-refractivity contribution in [1.82, 2.24) is 20.1 Å². The number of thioether (sulfide) groups is 1. The van der Waals surface area contributed by atoms with Crippen LogP contribution in [0.4, 0.5) is 0 Å². The molecule has 0 atom stereocenters. The summed E-state index contributed by atoms with van der Waals surface area (Å²) in [6.07, 6.45) is 0.325. The zero-order valence-corrected chi connectivity index (χ0v) is 18.2. The fourth-order valence-corrected chi connectivity index (χ4v) is 4.76. The number of morpholine rings is 1. The molecule has 0 unspecified atom stereocenters. The Morgan fingerprint density at radius 2 is 1.93 bits per heavy atom. The molecule has 0 radical (unpaired) electrons. The molecule has 0 aliphatic carbocycles. The first-order valence-corrected chi connectivity index (χ1v) is 11.5. The largest absolute Gasteiger partial charge is 0.378 e. The van der Waals surface area contributed by atoms with Gasteiger partial charge >= 0.3 is 0 Å². The van der Waals surface area contributed by atoms with Crippen molar-refractivity contribution < 1.29 is 14.3 Å². The number of ether oxygens (including phenoxy) is 1. The number of aromatic amines is 1. The Hall–Kier alpha value is -2.49. The van der Waals surface area contributed by atoms with Gasteiger partial charge in [-0.25, -0.2) is 4.98 Å². The van der Waals surface area contributed by atoms with Gasteiger partial charge in [0.15, 0.2) is 11.6 Å². The molecule has 4 rings (SSSR count). The summed E-state index contributed by atoms with van der Waals surface area (Å²) in [5.41, 5.74) is 2.14. The van der Waals surface area contributed by atoms with Crippen LogP contribution in [0, 0.1) is 6.92 Å². The smallest absolute Gasteiger partial charge is 0.227 e. The van der Waals surface area contributed by atoms with Crippen molar-refractivity contribution >= 4 is 34.8 Å². The molecule has 1 N–H and O–H groups in total. The molecule has 1 fully saturated rings. The number of carbonyl (C=O) groups excluding carboxylic acids is 2. The number of nitrogens with one attached hydrogen (secondary N) is 1. The number of carbonyl (C=O) groups is 2. The summed E-state index contributed by atoms with van der Waals surface area (Å²) in [7, 11) is 0. The van der Waals surface area contributed by atoms with Crippen molar-refractivity contribution in [3.63, 3.8) is 0 Å². The highest BCUT2D eigenvalue weighted by molar-refractivity contribution is 7.99. The average Bonchev–Trinajstić information content (AvgIpc) is 3.43. The molecule has 7 nitrogen and oxygen atoms in total. The van der Waals surface area contributed by atoms with Gasteiger partial charge in [0.25, 0.3) is 0 Å². The number of amides is 1. The lowest BCUT2D eigenvalue weighted by Gasteiger charge is -2.26. The maximum absolute atomic E-state index is 12.5. The summed E-state index contributed by atoms with van der Waals surface area (Å²) in [5.74, 6) is 1.03. The van der Waals surface area contributed by atoms with Crippen LogP contribution in [-0.4, -0.2) is 63.8 Å². The molecule has 30 heavy (non-hydrogen) atoms. The maximum atomic E-state index is 12.5. The van der Waals surface area contributed by atoms with Crippen LogP contribution in [0.1, 0.15) is 20.1 Å². The number of Topliss-reactive ketones (excluding diaryl/α,β-unsaturated/α-hetero) is 1. The van der Waals surface area contributed by atoms with Crippen LogP contribution < -0.4 is 0 Å². The van der Waals surface area contributed by atoms with Crippen molar-refractivity contribution in [2.45, 2.75) is 18.5 Å². The number of hydrogen-bond donors (Lipinski definition) is 1. The Balaban J connectivity index is 1.30. The third-order valence-corrected chi connectivity index (χ3v) is 6.72. The minimum absolute atomic E-state index is 0.0109. The van der Waals surface area contributed by atoms with Crippen molar-refractivity contribution in [3.05, 3.63) is 51.7 Å². The van der Waals surface area contributed by atoms with E-state index in [-0.39, 0.29) is 17.4 Å². The van der Waals surface area contributed by atoms with Gasteiger partial charge in [0.2, 0.25) is 11.1 Å². The average molecular weight is 443 g/mol. The molecule has 156 valence electrons. The minimum Gasteiger partial charge on any atom is -0.378 e. The van der Waals surface area contributed by atoms with Crippen molar-refractivity contribution in [2.75, 3.05) is 32.1 Å². The number of rotatable bonds is 7. The number of hydrogen-bond acceptors (Lipinski definition) is 7. The number of ketones is 1. The van der Waals surface area contributed by atoms with Gasteiger partial charge in [-0.3, -0.25) is 14.7 Å². The second kappa shape index (κ2) is 9.55. The first-order valence-electron chi connectivity index (χ1n) is 9.68. The fourth-order valence-electron chi connectivity index (χ4n) is 3.05. The Kier molecular flexibility index (Phi) is 6.61. The first kappa shape index (κ1) is 20.8. The van der Waals surface area contributed by atoms with E-state index in [9.17, 15) is 9.59 Å². The highest BCUT2D eigenvalue weighted by atomic mass is 32.2. The lowest BCUT2D eigenvalue weighted by Crippen LogP contribution is -2.41. The Morgan fingerprint density at radius 3 is 2.70 bits per heavy atom. The Bertz CT molecular complexity index is 1020. The normalized spacial score (nSPS) is 14.1. The molecule has 1 aliphatic rings. The van der Waals surface area contributed by atoms with Gasteiger partial charge in [0, 0.05) is 23.5 Å². The van der Waals surface area contributed by atoms with Crippen molar-refractivity contribution in [3.8, 4) is 11.4 Å². The molecule has 1 amide bonds. The second-order valence-corrected chi connectivity index (χ2v) is 9.09. The molecule has 1 aliphatic heterocycles. The van der Waals surface area contributed by atoms with Gasteiger partial charge in [0.05, 0.1) is 30.3 Å². The zero-order chi connectivity index (χ0) is 20.9. The van der Waals surface area contributed by atoms with E-state index in [1.807, 2.05) is 42.2 Å². The van der Waals surface area contributed by atoms with Crippen LogP contribution in [0.15, 0.2) is 41.6 Å². The number of thiophene rings is 1. The van der Waals surface area contributed by atoms with E-state index < -0.39 is 0 Å². The minimum atomic E-state index is 0.0109. The monoisotopic (exact) mass is 442 g/mol. The number of H-pyrrole nitrogens is 1. The highest BCUT2D eigenvalue weighted by Crippen LogP contribution is 2.23. The Morgan fingerprint density at radius 1 is 1.17 bits per heavy atom. The third-order valence-electron chi connectivity index (χ3n) is 4.75. The molecule has 0 saturated carbocycles. The molecule has 0 spiro atoms. The van der Waals surface area contributed by atoms with Gasteiger partial charge < -0.3 is 9.64 Å². The zero-order valence-electron chi connectivity index (χ0n) is 16.6. The molecular formula is C21H22N4O3S2.